The normalized spacial score (nSPS) is 31.2. The van der Waals surface area contributed by atoms with Gasteiger partial charge in [-0.25, -0.2) is 4.79 Å². The Morgan fingerprint density at radius 1 is 1.74 bits per heavy atom. The molecule has 9 nitrogen and oxygen atoms in total. The Kier molecular flexibility index (Phi) is 3.13. The summed E-state index contributed by atoms with van der Waals surface area (Å²) in [6, 6.07) is -2.23. The maximum Gasteiger partial charge on any atom is 0.330 e. The Labute approximate surface area is 108 Å². The zero-order valence-electron chi connectivity index (χ0n) is 11.0. The van der Waals surface area contributed by atoms with Crippen molar-refractivity contribution in [1.82, 2.24) is 9.55 Å². The topological polar surface area (TPSA) is 127 Å². The number of aliphatic hydroxyl groups is 1. The van der Waals surface area contributed by atoms with Crippen molar-refractivity contribution in [2.24, 2.45) is 0 Å². The monoisotopic (exact) mass is 272 g/mol. The van der Waals surface area contributed by atoms with Crippen molar-refractivity contribution in [3.05, 3.63) is 42.7 Å². The third-order valence-electron chi connectivity index (χ3n) is 2.93. The first-order valence-corrected chi connectivity index (χ1v) is 5.52. The molecule has 0 unspecified atom stereocenters. The van der Waals surface area contributed by atoms with Gasteiger partial charge in [0.05, 0.1) is 13.0 Å². The van der Waals surface area contributed by atoms with E-state index in [0.717, 1.165) is 4.57 Å². The first-order chi connectivity index (χ1) is 9.29. The summed E-state index contributed by atoms with van der Waals surface area (Å²) < 4.78 is 14.0. The minimum atomic E-state index is -2.23. The molecule has 1 aliphatic rings. The Bertz CT molecular complexity index is 655. The molecule has 0 radical (unpaired) electrons. The van der Waals surface area contributed by atoms with Gasteiger partial charge in [0.25, 0.3) is 5.56 Å². The number of hydrogen-bond donors (Lipinski definition) is 2. The van der Waals surface area contributed by atoms with E-state index in [0.29, 0.717) is 0 Å². The molecule has 2 rings (SSSR count). The van der Waals surface area contributed by atoms with Gasteiger partial charge >= 0.3 is 5.69 Å². The fourth-order valence-corrected chi connectivity index (χ4v) is 1.93. The summed E-state index contributed by atoms with van der Waals surface area (Å²) in [5.41, 5.74) is -1.11. The molecular weight excluding hydrogens is 258 g/mol. The van der Waals surface area contributed by atoms with Crippen LogP contribution in [0.15, 0.2) is 15.8 Å². The molecule has 2 N–H and O–H groups in total. The van der Waals surface area contributed by atoms with Crippen LogP contribution in [0.3, 0.4) is 0 Å². The SMILES string of the molecule is [2H][C@]1([N+](=O)[O-])C[C@H](n2cc(C)c(=O)[nH]c2=O)O[C@@H]1CO. The Morgan fingerprint density at radius 3 is 2.95 bits per heavy atom. The molecule has 9 heteroatoms. The average molecular weight is 272 g/mol. The van der Waals surface area contributed by atoms with Crippen LogP contribution >= 0.6 is 0 Å². The number of aromatic amines is 1. The molecule has 0 spiro atoms. The number of rotatable bonds is 3. The van der Waals surface area contributed by atoms with Gasteiger partial charge in [0.15, 0.2) is 6.10 Å². The van der Waals surface area contributed by atoms with Crippen LogP contribution in [-0.2, 0) is 4.74 Å². The summed E-state index contributed by atoms with van der Waals surface area (Å²) >= 11 is 0. The van der Waals surface area contributed by atoms with Crippen molar-refractivity contribution in [2.45, 2.75) is 31.7 Å². The summed E-state index contributed by atoms with van der Waals surface area (Å²) in [6.07, 6.45) is -1.62. The summed E-state index contributed by atoms with van der Waals surface area (Å²) in [6.45, 7) is 0.757. The van der Waals surface area contributed by atoms with Crippen LogP contribution in [0.1, 0.15) is 19.6 Å². The fourth-order valence-electron chi connectivity index (χ4n) is 1.93. The molecule has 19 heavy (non-hydrogen) atoms. The van der Waals surface area contributed by atoms with Gasteiger partial charge in [-0.15, -0.1) is 0 Å². The molecule has 0 aromatic carbocycles. The Morgan fingerprint density at radius 2 is 2.42 bits per heavy atom. The van der Waals surface area contributed by atoms with Crippen LogP contribution in [0.4, 0.5) is 0 Å². The second kappa shape index (κ2) is 4.94. The van der Waals surface area contributed by atoms with Gasteiger partial charge in [-0.1, -0.05) is 0 Å². The third-order valence-corrected chi connectivity index (χ3v) is 2.93. The highest BCUT2D eigenvalue weighted by atomic mass is 16.6. The molecule has 1 aliphatic heterocycles. The lowest BCUT2D eigenvalue weighted by Gasteiger charge is -2.13. The molecule has 0 bridgehead atoms. The van der Waals surface area contributed by atoms with Gasteiger partial charge in [-0.05, 0) is 6.92 Å². The lowest BCUT2D eigenvalue weighted by Crippen LogP contribution is -2.33. The first-order valence-electron chi connectivity index (χ1n) is 6.02. The van der Waals surface area contributed by atoms with Crippen molar-refractivity contribution in [2.75, 3.05) is 6.61 Å². The van der Waals surface area contributed by atoms with Crippen LogP contribution in [0.2, 0.25) is 0 Å². The van der Waals surface area contributed by atoms with E-state index >= 15 is 0 Å². The number of aromatic nitrogens is 2. The van der Waals surface area contributed by atoms with E-state index in [1.54, 1.807) is 0 Å². The number of ether oxygens (including phenoxy) is 1. The predicted octanol–water partition coefficient (Wildman–Crippen LogP) is -1.23. The molecule has 0 saturated carbocycles. The van der Waals surface area contributed by atoms with Crippen LogP contribution < -0.4 is 11.2 Å². The van der Waals surface area contributed by atoms with E-state index < -0.39 is 47.5 Å². The summed E-state index contributed by atoms with van der Waals surface area (Å²) in [4.78, 5) is 35.1. The molecule has 0 amide bonds. The summed E-state index contributed by atoms with van der Waals surface area (Å²) in [5, 5.41) is 20.0. The number of aliphatic hydroxyl groups excluding tert-OH is 1. The van der Waals surface area contributed by atoms with E-state index in [1.165, 1.54) is 13.1 Å². The second-order valence-corrected chi connectivity index (χ2v) is 4.19. The summed E-state index contributed by atoms with van der Waals surface area (Å²) in [7, 11) is 0. The van der Waals surface area contributed by atoms with Crippen LogP contribution in [-0.4, -0.2) is 38.3 Å². The minimum Gasteiger partial charge on any atom is -0.393 e. The minimum absolute atomic E-state index is 0.234. The smallest absolute Gasteiger partial charge is 0.330 e. The number of hydrogen-bond acceptors (Lipinski definition) is 6. The zero-order valence-corrected chi connectivity index (χ0v) is 10.0. The van der Waals surface area contributed by atoms with E-state index in [2.05, 4.69) is 4.98 Å². The van der Waals surface area contributed by atoms with Crippen molar-refractivity contribution in [1.29, 1.82) is 0 Å². The Hall–Kier alpha value is -2.00. The molecule has 3 atom stereocenters. The number of aryl methyl sites for hydroxylation is 1. The molecule has 1 aromatic heterocycles. The lowest BCUT2D eigenvalue weighted by molar-refractivity contribution is -0.527. The van der Waals surface area contributed by atoms with Crippen molar-refractivity contribution in [3.63, 3.8) is 0 Å². The standard InChI is InChI=1S/C10H13N3O6/c1-5-3-12(10(16)11-9(5)15)8-2-6(13(17)18)7(4-14)19-8/h3,6-8,14H,2,4H2,1H3,(H,11,15,16)/t6-,7+,8+/m0/s1/i6D. The van der Waals surface area contributed by atoms with Crippen molar-refractivity contribution >= 4 is 0 Å². The first kappa shape index (κ1) is 12.1. The van der Waals surface area contributed by atoms with Crippen molar-refractivity contribution < 1.29 is 16.1 Å². The highest BCUT2D eigenvalue weighted by Gasteiger charge is 2.44. The van der Waals surface area contributed by atoms with Gasteiger partial charge < -0.3 is 9.84 Å². The van der Waals surface area contributed by atoms with Gasteiger partial charge in [0.1, 0.15) is 7.60 Å². The van der Waals surface area contributed by atoms with Crippen LogP contribution in [0, 0.1) is 17.0 Å². The zero-order chi connectivity index (χ0) is 15.1. The van der Waals surface area contributed by atoms with Gasteiger partial charge in [-0.2, -0.15) is 0 Å². The quantitative estimate of drug-likeness (QED) is 0.524. The second-order valence-electron chi connectivity index (χ2n) is 4.19. The lowest BCUT2D eigenvalue weighted by atomic mass is 10.1. The number of H-pyrrole nitrogens is 1. The number of nitro groups is 1. The number of nitrogens with zero attached hydrogens (tertiary/aromatic N) is 2. The Balaban J connectivity index is 2.42. The maximum absolute atomic E-state index is 11.7. The average Bonchev–Trinajstić information content (AvgIpc) is 2.72. The molecule has 1 aromatic rings. The molecule has 0 aliphatic carbocycles. The largest absolute Gasteiger partial charge is 0.393 e. The predicted molar refractivity (Wildman–Crippen MR) is 62.5 cm³/mol. The van der Waals surface area contributed by atoms with Gasteiger partial charge in [-0.3, -0.25) is 24.5 Å². The molecule has 1 fully saturated rings. The van der Waals surface area contributed by atoms with E-state index in [1.807, 2.05) is 0 Å². The number of nitrogens with one attached hydrogen (secondary N) is 1. The fraction of sp³-hybridized carbons (Fsp3) is 0.600. The van der Waals surface area contributed by atoms with Gasteiger partial charge in [0.2, 0.25) is 6.02 Å². The van der Waals surface area contributed by atoms with Crippen LogP contribution in [0.25, 0.3) is 0 Å². The van der Waals surface area contributed by atoms with E-state index in [9.17, 15) is 19.7 Å². The maximum atomic E-state index is 11.7. The van der Waals surface area contributed by atoms with E-state index in [4.69, 9.17) is 11.2 Å². The van der Waals surface area contributed by atoms with Crippen molar-refractivity contribution in [3.8, 4) is 0 Å². The van der Waals surface area contributed by atoms with E-state index in [-0.39, 0.29) is 5.56 Å². The highest BCUT2D eigenvalue weighted by Crippen LogP contribution is 2.29. The molecular formula is C10H13N3O6. The van der Waals surface area contributed by atoms with Gasteiger partial charge in [0, 0.05) is 16.7 Å². The molecule has 104 valence electrons. The summed E-state index contributed by atoms with van der Waals surface area (Å²) in [5.74, 6) is 0. The highest BCUT2D eigenvalue weighted by molar-refractivity contribution is 5.02. The molecule has 2 heterocycles. The third kappa shape index (κ3) is 2.42. The van der Waals surface area contributed by atoms with Crippen LogP contribution in [0.5, 0.6) is 0 Å². The molecule has 1 saturated heterocycles.